The molecular formula is C14H18ClN3O4S2. The number of aryl methyl sites for hydroxylation is 1. The Morgan fingerprint density at radius 3 is 2.88 bits per heavy atom. The summed E-state index contributed by atoms with van der Waals surface area (Å²) in [5.74, 6) is -0.415. The molecule has 3 N–H and O–H groups in total. The third-order valence-electron chi connectivity index (χ3n) is 3.33. The van der Waals surface area contributed by atoms with Gasteiger partial charge in [-0.25, -0.2) is 18.1 Å². The Morgan fingerprint density at radius 1 is 1.54 bits per heavy atom. The highest BCUT2D eigenvalue weighted by Crippen LogP contribution is 2.39. The van der Waals surface area contributed by atoms with Gasteiger partial charge in [-0.15, -0.1) is 11.3 Å². The first-order chi connectivity index (χ1) is 11.2. The molecule has 0 fully saturated rings. The molecule has 2 rings (SSSR count). The number of amides is 1. The molecule has 1 unspecified atom stereocenters. The number of hydrogen-bond donors (Lipinski definition) is 3. The third kappa shape index (κ3) is 4.42. The highest BCUT2D eigenvalue weighted by Gasteiger charge is 2.28. The summed E-state index contributed by atoms with van der Waals surface area (Å²) in [5.41, 5.74) is 0.733. The minimum absolute atomic E-state index is 0.0728. The van der Waals surface area contributed by atoms with E-state index in [1.807, 2.05) is 13.0 Å². The first-order valence-corrected chi connectivity index (χ1v) is 9.84. The van der Waals surface area contributed by atoms with Gasteiger partial charge in [0.15, 0.2) is 5.13 Å². The minimum Gasteiger partial charge on any atom is -0.395 e. The monoisotopic (exact) mass is 391 g/mol. The Morgan fingerprint density at radius 2 is 2.25 bits per heavy atom. The van der Waals surface area contributed by atoms with E-state index in [2.05, 4.69) is 15.0 Å². The molecule has 0 radical (unpaired) electrons. The van der Waals surface area contributed by atoms with Gasteiger partial charge in [-0.2, -0.15) is 0 Å². The Kier molecular flexibility index (Phi) is 6.16. The predicted molar refractivity (Wildman–Crippen MR) is 94.5 cm³/mol. The molecule has 0 saturated carbocycles. The second-order valence-electron chi connectivity index (χ2n) is 5.21. The van der Waals surface area contributed by atoms with E-state index in [1.165, 1.54) is 18.3 Å². The maximum absolute atomic E-state index is 12.3. The predicted octanol–water partition coefficient (Wildman–Crippen LogP) is 1.82. The van der Waals surface area contributed by atoms with Gasteiger partial charge < -0.3 is 10.4 Å². The zero-order valence-electron chi connectivity index (χ0n) is 13.2. The average molecular weight is 392 g/mol. The number of nitrogens with zero attached hydrogens (tertiary/aromatic N) is 1. The van der Waals surface area contributed by atoms with Gasteiger partial charge in [-0.3, -0.25) is 4.79 Å². The van der Waals surface area contributed by atoms with E-state index in [9.17, 15) is 13.2 Å². The number of halogens is 1. The van der Waals surface area contributed by atoms with Crippen LogP contribution in [0.1, 0.15) is 29.8 Å². The summed E-state index contributed by atoms with van der Waals surface area (Å²) in [6, 6.07) is 0. The smallest absolute Gasteiger partial charge is 0.238 e. The van der Waals surface area contributed by atoms with E-state index in [0.717, 1.165) is 10.6 Å². The first kappa shape index (κ1) is 19.1. The number of allylic oxidation sites excluding steroid dienone is 4. The maximum Gasteiger partial charge on any atom is 0.238 e. The van der Waals surface area contributed by atoms with Crippen LogP contribution in [-0.4, -0.2) is 37.6 Å². The fourth-order valence-corrected chi connectivity index (χ4v) is 5.11. The van der Waals surface area contributed by atoms with Crippen LogP contribution in [0.4, 0.5) is 5.13 Å². The summed E-state index contributed by atoms with van der Waals surface area (Å²) in [5, 5.41) is 12.1. The van der Waals surface area contributed by atoms with Gasteiger partial charge >= 0.3 is 0 Å². The standard InChI is InChI=1S/C14H18ClN3O4S2/c1-8-13(23-14(17-8)18-9(2)20)10-3-4-11(15)12(7-10)24(21,22)16-5-6-19/h3-4,10,16,19H,5-7H2,1-2H3,(H,17,18,20). The lowest BCUT2D eigenvalue weighted by atomic mass is 9.98. The fraction of sp³-hybridized carbons (Fsp3) is 0.429. The molecule has 0 saturated heterocycles. The van der Waals surface area contributed by atoms with Gasteiger partial charge in [0.05, 0.1) is 22.2 Å². The van der Waals surface area contributed by atoms with Gasteiger partial charge in [-0.1, -0.05) is 17.7 Å². The molecule has 10 heteroatoms. The number of sulfonamides is 1. The van der Waals surface area contributed by atoms with E-state index in [-0.39, 0.29) is 41.3 Å². The fourth-order valence-electron chi connectivity index (χ4n) is 2.30. The van der Waals surface area contributed by atoms with Crippen LogP contribution in [0.25, 0.3) is 0 Å². The van der Waals surface area contributed by atoms with E-state index in [0.29, 0.717) is 5.13 Å². The molecular weight excluding hydrogens is 374 g/mol. The number of rotatable bonds is 6. The SMILES string of the molecule is CC(=O)Nc1nc(C)c(C2C=CC(Cl)=C(S(=O)(=O)NCCO)C2)s1. The van der Waals surface area contributed by atoms with Crippen LogP contribution < -0.4 is 10.0 Å². The number of thiazole rings is 1. The topological polar surface area (TPSA) is 108 Å². The van der Waals surface area contributed by atoms with Crippen molar-refractivity contribution in [2.45, 2.75) is 26.2 Å². The summed E-state index contributed by atoms with van der Waals surface area (Å²) in [6.07, 6.45) is 3.57. The van der Waals surface area contributed by atoms with Crippen LogP contribution in [-0.2, 0) is 14.8 Å². The van der Waals surface area contributed by atoms with E-state index in [1.54, 1.807) is 6.08 Å². The normalized spacial score (nSPS) is 18.1. The van der Waals surface area contributed by atoms with Crippen LogP contribution >= 0.6 is 22.9 Å². The lowest BCUT2D eigenvalue weighted by Gasteiger charge is -2.20. The third-order valence-corrected chi connectivity index (χ3v) is 6.62. The van der Waals surface area contributed by atoms with Crippen molar-refractivity contribution in [2.24, 2.45) is 0 Å². The number of carbonyl (C=O) groups excluding carboxylic acids is 1. The maximum atomic E-state index is 12.3. The highest BCUT2D eigenvalue weighted by atomic mass is 35.5. The molecule has 7 nitrogen and oxygen atoms in total. The van der Waals surface area contributed by atoms with Crippen LogP contribution in [0.5, 0.6) is 0 Å². The summed E-state index contributed by atoms with van der Waals surface area (Å²) in [6.45, 7) is 2.84. The number of aliphatic hydroxyl groups excluding tert-OH is 1. The summed E-state index contributed by atoms with van der Waals surface area (Å²) in [4.78, 5) is 16.4. The molecule has 1 aliphatic carbocycles. The Balaban J connectivity index is 2.26. The van der Waals surface area contributed by atoms with Gasteiger partial charge in [0, 0.05) is 24.3 Å². The number of carbonyl (C=O) groups is 1. The van der Waals surface area contributed by atoms with Crippen molar-refractivity contribution < 1.29 is 18.3 Å². The molecule has 1 amide bonds. The molecule has 1 aromatic rings. The Labute approximate surface area is 149 Å². The van der Waals surface area contributed by atoms with Crippen LogP contribution in [0.2, 0.25) is 0 Å². The van der Waals surface area contributed by atoms with Crippen molar-refractivity contribution >= 4 is 44.0 Å². The Bertz CT molecular complexity index is 799. The van der Waals surface area contributed by atoms with Crippen molar-refractivity contribution in [1.29, 1.82) is 0 Å². The highest BCUT2D eigenvalue weighted by molar-refractivity contribution is 7.93. The van der Waals surface area contributed by atoms with Crippen LogP contribution in [0, 0.1) is 6.92 Å². The molecule has 24 heavy (non-hydrogen) atoms. The number of nitrogens with one attached hydrogen (secondary N) is 2. The number of aromatic nitrogens is 1. The summed E-state index contributed by atoms with van der Waals surface area (Å²) in [7, 11) is -3.76. The molecule has 132 valence electrons. The molecule has 1 aromatic heterocycles. The zero-order valence-corrected chi connectivity index (χ0v) is 15.6. The van der Waals surface area contributed by atoms with Gasteiger partial charge in [0.25, 0.3) is 0 Å². The first-order valence-electron chi connectivity index (χ1n) is 7.17. The minimum atomic E-state index is -3.76. The Hall–Kier alpha value is -1.26. The van der Waals surface area contributed by atoms with E-state index in [4.69, 9.17) is 16.7 Å². The lowest BCUT2D eigenvalue weighted by Crippen LogP contribution is -2.29. The number of hydrogen-bond acceptors (Lipinski definition) is 6. The van der Waals surface area contributed by atoms with Crippen molar-refractivity contribution in [1.82, 2.24) is 9.71 Å². The van der Waals surface area contributed by atoms with Gasteiger partial charge in [0.2, 0.25) is 15.9 Å². The molecule has 0 aromatic carbocycles. The van der Waals surface area contributed by atoms with Crippen molar-refractivity contribution in [3.05, 3.63) is 32.7 Å². The molecule has 1 atom stereocenters. The second-order valence-corrected chi connectivity index (χ2v) is 8.44. The van der Waals surface area contributed by atoms with Crippen LogP contribution in [0.3, 0.4) is 0 Å². The second kappa shape index (κ2) is 7.75. The average Bonchev–Trinajstić information content (AvgIpc) is 2.85. The quantitative estimate of drug-likeness (QED) is 0.685. The van der Waals surface area contributed by atoms with E-state index >= 15 is 0 Å². The molecule has 0 spiro atoms. The molecule has 0 bridgehead atoms. The lowest BCUT2D eigenvalue weighted by molar-refractivity contribution is -0.114. The number of anilines is 1. The van der Waals surface area contributed by atoms with Gasteiger partial charge in [0.1, 0.15) is 0 Å². The number of aliphatic hydroxyl groups is 1. The van der Waals surface area contributed by atoms with Crippen molar-refractivity contribution in [2.75, 3.05) is 18.5 Å². The summed E-state index contributed by atoms with van der Waals surface area (Å²) >= 11 is 7.37. The van der Waals surface area contributed by atoms with Crippen LogP contribution in [0.15, 0.2) is 22.1 Å². The zero-order chi connectivity index (χ0) is 17.9. The van der Waals surface area contributed by atoms with E-state index < -0.39 is 10.0 Å². The molecule has 0 aliphatic heterocycles. The molecule has 1 aliphatic rings. The van der Waals surface area contributed by atoms with Crippen molar-refractivity contribution in [3.8, 4) is 0 Å². The van der Waals surface area contributed by atoms with Crippen molar-refractivity contribution in [3.63, 3.8) is 0 Å². The largest absolute Gasteiger partial charge is 0.395 e. The molecule has 1 heterocycles. The van der Waals surface area contributed by atoms with Gasteiger partial charge in [-0.05, 0) is 19.4 Å². The summed E-state index contributed by atoms with van der Waals surface area (Å²) < 4.78 is 26.9.